The van der Waals surface area contributed by atoms with Crippen LogP contribution in [-0.4, -0.2) is 46.4 Å². The zero-order chi connectivity index (χ0) is 18.7. The number of hydrogen-bond acceptors (Lipinski definition) is 6. The van der Waals surface area contributed by atoms with Gasteiger partial charge in [0.1, 0.15) is 10.2 Å². The van der Waals surface area contributed by atoms with Gasteiger partial charge in [0.15, 0.2) is 5.82 Å². The highest BCUT2D eigenvalue weighted by Gasteiger charge is 2.32. The van der Waals surface area contributed by atoms with Crippen molar-refractivity contribution in [3.05, 3.63) is 16.5 Å². The first-order valence-corrected chi connectivity index (χ1v) is 8.94. The second kappa shape index (κ2) is 7.70. The van der Waals surface area contributed by atoms with E-state index in [4.69, 9.17) is 17.0 Å². The molecule has 2 heterocycles. The van der Waals surface area contributed by atoms with E-state index in [-0.39, 0.29) is 18.1 Å². The Labute approximate surface area is 153 Å². The molecule has 1 aromatic heterocycles. The molecule has 0 radical (unpaired) electrons. The number of rotatable bonds is 4. The molecule has 1 saturated heterocycles. The number of alkyl carbamates (subject to hydrolysis) is 1. The van der Waals surface area contributed by atoms with E-state index < -0.39 is 5.60 Å². The van der Waals surface area contributed by atoms with Crippen molar-refractivity contribution in [2.24, 2.45) is 5.41 Å². The first-order valence-electron chi connectivity index (χ1n) is 8.53. The van der Waals surface area contributed by atoms with Gasteiger partial charge in [0.2, 0.25) is 0 Å². The van der Waals surface area contributed by atoms with Gasteiger partial charge in [0.25, 0.3) is 0 Å². The summed E-state index contributed by atoms with van der Waals surface area (Å²) in [5.41, 5.74) is 0.158. The van der Waals surface area contributed by atoms with Crippen molar-refractivity contribution >= 4 is 24.1 Å². The minimum absolute atomic E-state index is 0.00839. The van der Waals surface area contributed by atoms with E-state index in [1.807, 2.05) is 20.8 Å². The molecule has 3 N–H and O–H groups in total. The molecule has 7 nitrogen and oxygen atoms in total. The fourth-order valence-electron chi connectivity index (χ4n) is 2.85. The molecule has 1 aromatic rings. The number of aromatic amines is 1. The molecule has 0 spiro atoms. The highest BCUT2D eigenvalue weighted by atomic mass is 32.1. The second-order valence-electron chi connectivity index (χ2n) is 7.86. The number of H-pyrrole nitrogens is 1. The fraction of sp³-hybridized carbons (Fsp3) is 0.706. The minimum Gasteiger partial charge on any atom is -0.444 e. The van der Waals surface area contributed by atoms with Crippen LogP contribution in [0.15, 0.2) is 6.20 Å². The zero-order valence-electron chi connectivity index (χ0n) is 15.4. The van der Waals surface area contributed by atoms with Crippen LogP contribution >= 0.6 is 12.2 Å². The van der Waals surface area contributed by atoms with Gasteiger partial charge in [-0.3, -0.25) is 0 Å². The quantitative estimate of drug-likeness (QED) is 0.708. The lowest BCUT2D eigenvalue weighted by molar-refractivity contribution is 0.0495. The standard InChI is InChI=1S/C17H28N4O3S/c1-16(2,3)24-15(23)19-11-17(4)5-7-21(8-6-17)14-12(10-22)20-13(25)9-18-14/h9,22H,5-8,10-11H2,1-4H3,(H,19,23)(H,20,25). The van der Waals surface area contributed by atoms with Gasteiger partial charge in [0, 0.05) is 19.6 Å². The number of nitrogens with one attached hydrogen (secondary N) is 2. The van der Waals surface area contributed by atoms with E-state index in [9.17, 15) is 9.90 Å². The van der Waals surface area contributed by atoms with Gasteiger partial charge in [-0.2, -0.15) is 0 Å². The molecule has 140 valence electrons. The summed E-state index contributed by atoms with van der Waals surface area (Å²) >= 11 is 5.06. The topological polar surface area (TPSA) is 90.5 Å². The number of carbonyl (C=O) groups excluding carboxylic acids is 1. The molecule has 0 bridgehead atoms. The van der Waals surface area contributed by atoms with Crippen LogP contribution in [0.2, 0.25) is 0 Å². The largest absolute Gasteiger partial charge is 0.444 e. The van der Waals surface area contributed by atoms with Crippen molar-refractivity contribution < 1.29 is 14.6 Å². The number of anilines is 1. The molecule has 0 atom stereocenters. The third-order valence-corrected chi connectivity index (χ3v) is 4.54. The summed E-state index contributed by atoms with van der Waals surface area (Å²) in [5.74, 6) is 0.748. The summed E-state index contributed by atoms with van der Waals surface area (Å²) in [4.78, 5) is 21.4. The normalized spacial score (nSPS) is 17.2. The molecule has 2 rings (SSSR count). The summed E-state index contributed by atoms with van der Waals surface area (Å²) < 4.78 is 5.80. The molecule has 0 unspecified atom stereocenters. The van der Waals surface area contributed by atoms with E-state index in [0.29, 0.717) is 16.9 Å². The number of nitrogens with zero attached hydrogens (tertiary/aromatic N) is 2. The molecule has 25 heavy (non-hydrogen) atoms. The lowest BCUT2D eigenvalue weighted by atomic mass is 9.80. The van der Waals surface area contributed by atoms with Crippen LogP contribution in [0.1, 0.15) is 46.2 Å². The van der Waals surface area contributed by atoms with Crippen LogP contribution in [0.25, 0.3) is 0 Å². The van der Waals surface area contributed by atoms with Crippen LogP contribution in [0.4, 0.5) is 10.6 Å². The van der Waals surface area contributed by atoms with Crippen molar-refractivity contribution in [3.8, 4) is 0 Å². The first kappa shape index (κ1) is 19.7. The summed E-state index contributed by atoms with van der Waals surface area (Å²) in [6, 6.07) is 0. The Morgan fingerprint density at radius 2 is 2.12 bits per heavy atom. The van der Waals surface area contributed by atoms with Crippen molar-refractivity contribution in [1.82, 2.24) is 15.3 Å². The maximum absolute atomic E-state index is 11.8. The molecule has 1 aliphatic rings. The van der Waals surface area contributed by atoms with Gasteiger partial charge in [-0.05, 0) is 39.0 Å². The van der Waals surface area contributed by atoms with Crippen LogP contribution in [0, 0.1) is 10.1 Å². The molecule has 1 aliphatic heterocycles. The number of ether oxygens (including phenoxy) is 1. The van der Waals surface area contributed by atoms with Crippen molar-refractivity contribution in [3.63, 3.8) is 0 Å². The van der Waals surface area contributed by atoms with Gasteiger partial charge in [-0.15, -0.1) is 0 Å². The molecule has 1 fully saturated rings. The van der Waals surface area contributed by atoms with Gasteiger partial charge in [0.05, 0.1) is 18.5 Å². The lowest BCUT2D eigenvalue weighted by Gasteiger charge is -2.40. The molecule has 0 aromatic carbocycles. The number of aliphatic hydroxyl groups excluding tert-OH is 1. The maximum Gasteiger partial charge on any atom is 0.407 e. The zero-order valence-corrected chi connectivity index (χ0v) is 16.2. The van der Waals surface area contributed by atoms with Crippen molar-refractivity contribution in [2.75, 3.05) is 24.5 Å². The molecule has 0 saturated carbocycles. The Bertz CT molecular complexity index is 661. The number of aliphatic hydroxyl groups is 1. The second-order valence-corrected chi connectivity index (χ2v) is 8.30. The predicted octanol–water partition coefficient (Wildman–Crippen LogP) is 2.76. The molecular weight excluding hydrogens is 340 g/mol. The highest BCUT2D eigenvalue weighted by Crippen LogP contribution is 2.32. The van der Waals surface area contributed by atoms with E-state index in [2.05, 4.69) is 27.1 Å². The Hall–Kier alpha value is -1.67. The van der Waals surface area contributed by atoms with Crippen LogP contribution in [0.5, 0.6) is 0 Å². The third-order valence-electron chi connectivity index (χ3n) is 4.33. The Morgan fingerprint density at radius 3 is 2.68 bits per heavy atom. The lowest BCUT2D eigenvalue weighted by Crippen LogP contribution is -2.46. The Kier molecular flexibility index (Phi) is 6.05. The monoisotopic (exact) mass is 368 g/mol. The van der Waals surface area contributed by atoms with Gasteiger partial charge in [-0.1, -0.05) is 19.1 Å². The summed E-state index contributed by atoms with van der Waals surface area (Å²) in [5, 5.41) is 12.4. The molecular formula is C17H28N4O3S. The minimum atomic E-state index is -0.492. The average Bonchev–Trinajstić information content (AvgIpc) is 2.52. The van der Waals surface area contributed by atoms with E-state index in [0.717, 1.165) is 31.7 Å². The fourth-order valence-corrected chi connectivity index (χ4v) is 3.03. The van der Waals surface area contributed by atoms with E-state index in [1.54, 1.807) is 6.20 Å². The smallest absolute Gasteiger partial charge is 0.407 e. The van der Waals surface area contributed by atoms with E-state index >= 15 is 0 Å². The summed E-state index contributed by atoms with van der Waals surface area (Å²) in [6.45, 7) is 9.78. The van der Waals surface area contributed by atoms with Gasteiger partial charge in [-0.25, -0.2) is 9.78 Å². The van der Waals surface area contributed by atoms with Crippen molar-refractivity contribution in [1.29, 1.82) is 0 Å². The predicted molar refractivity (Wildman–Crippen MR) is 99.1 cm³/mol. The first-order chi connectivity index (χ1) is 11.6. The summed E-state index contributed by atoms with van der Waals surface area (Å²) in [6.07, 6.45) is 3.04. The number of carbonyl (C=O) groups is 1. The van der Waals surface area contributed by atoms with E-state index in [1.165, 1.54) is 0 Å². The van der Waals surface area contributed by atoms with Crippen molar-refractivity contribution in [2.45, 2.75) is 52.7 Å². The Balaban J connectivity index is 1.92. The molecule has 1 amide bonds. The van der Waals surface area contributed by atoms with Gasteiger partial charge < -0.3 is 25.0 Å². The number of hydrogen-bond donors (Lipinski definition) is 3. The molecule has 0 aliphatic carbocycles. The van der Waals surface area contributed by atoms with Gasteiger partial charge >= 0.3 is 6.09 Å². The molecule has 8 heteroatoms. The van der Waals surface area contributed by atoms with Crippen LogP contribution in [0.3, 0.4) is 0 Å². The Morgan fingerprint density at radius 1 is 1.48 bits per heavy atom. The van der Waals surface area contributed by atoms with Crippen LogP contribution < -0.4 is 10.2 Å². The maximum atomic E-state index is 11.8. The summed E-state index contributed by atoms with van der Waals surface area (Å²) in [7, 11) is 0. The number of amides is 1. The highest BCUT2D eigenvalue weighted by molar-refractivity contribution is 7.71. The number of aromatic nitrogens is 2. The SMILES string of the molecule is CC1(CNC(=O)OC(C)(C)C)CCN(c2ncc(=S)[nH]c2CO)CC1. The van der Waals surface area contributed by atoms with Crippen LogP contribution in [-0.2, 0) is 11.3 Å². The number of piperidine rings is 1. The third kappa shape index (κ3) is 5.67. The average molecular weight is 369 g/mol.